The lowest BCUT2D eigenvalue weighted by atomic mass is 10.4. The molecule has 132 valence electrons. The highest BCUT2D eigenvalue weighted by Crippen LogP contribution is 1.81. The number of Topliss-reactive ketones (excluding diaryl/α,β-unsaturated/α-hetero) is 2. The molecule has 0 radical (unpaired) electrons. The minimum Gasteiger partial charge on any atom is -0.379 e. The van der Waals surface area contributed by atoms with Crippen molar-refractivity contribution in [2.45, 2.75) is 21.3 Å². The predicted molar refractivity (Wildman–Crippen MR) is 86.3 cm³/mol. The Labute approximate surface area is 134 Å². The molecule has 0 aliphatic carbocycles. The molecule has 2 N–H and O–H groups in total. The quantitative estimate of drug-likeness (QED) is 0.388. The molecule has 0 heterocycles. The second-order valence-corrected chi connectivity index (χ2v) is 4.49. The largest absolute Gasteiger partial charge is 0.379 e. The smallest absolute Gasteiger partial charge is 0.172 e. The molecule has 0 amide bonds. The van der Waals surface area contributed by atoms with E-state index in [4.69, 9.17) is 14.2 Å². The van der Waals surface area contributed by atoms with Crippen molar-refractivity contribution in [3.63, 3.8) is 0 Å². The molecule has 0 aromatic carbocycles. The average molecular weight is 320 g/mol. The Hall–Kier alpha value is -0.860. The first kappa shape index (κ1) is 23.4. The maximum Gasteiger partial charge on any atom is 0.172 e. The van der Waals surface area contributed by atoms with Gasteiger partial charge in [-0.2, -0.15) is 0 Å². The first-order chi connectivity index (χ1) is 10.2. The standard InChI is InChI=1S/C14H28N2O5.CH4/c1-3-15-4-6-19-7-5-16-10-14(18)12-21-9-8-20-11-13(2)17;/h15-16H,3-12H2,1-2H3;1H4. The van der Waals surface area contributed by atoms with Gasteiger partial charge in [-0.05, 0) is 13.5 Å². The Bertz CT molecular complexity index is 275. The van der Waals surface area contributed by atoms with Crippen LogP contribution in [-0.4, -0.2) is 77.4 Å². The van der Waals surface area contributed by atoms with Crippen molar-refractivity contribution in [1.29, 1.82) is 0 Å². The van der Waals surface area contributed by atoms with Crippen molar-refractivity contribution in [1.82, 2.24) is 10.6 Å². The highest BCUT2D eigenvalue weighted by molar-refractivity contribution is 5.81. The van der Waals surface area contributed by atoms with Crippen LogP contribution in [0.1, 0.15) is 21.3 Å². The molecule has 0 aliphatic heterocycles. The van der Waals surface area contributed by atoms with Crippen LogP contribution in [0.4, 0.5) is 0 Å². The van der Waals surface area contributed by atoms with Gasteiger partial charge in [0, 0.05) is 13.1 Å². The van der Waals surface area contributed by atoms with E-state index >= 15 is 0 Å². The molecule has 0 aromatic rings. The molecule has 0 aliphatic rings. The summed E-state index contributed by atoms with van der Waals surface area (Å²) in [6.07, 6.45) is 0. The van der Waals surface area contributed by atoms with Gasteiger partial charge < -0.3 is 24.8 Å². The lowest BCUT2D eigenvalue weighted by Crippen LogP contribution is -2.30. The summed E-state index contributed by atoms with van der Waals surface area (Å²) in [5.41, 5.74) is 0. The molecule has 0 spiro atoms. The molecule has 0 saturated heterocycles. The zero-order chi connectivity index (χ0) is 15.8. The molecule has 0 saturated carbocycles. The van der Waals surface area contributed by atoms with Crippen LogP contribution in [0.25, 0.3) is 0 Å². The Kier molecular flexibility index (Phi) is 19.4. The number of ether oxygens (including phenoxy) is 3. The Morgan fingerprint density at radius 1 is 0.864 bits per heavy atom. The van der Waals surface area contributed by atoms with Crippen molar-refractivity contribution in [2.75, 3.05) is 65.8 Å². The van der Waals surface area contributed by atoms with E-state index in [0.29, 0.717) is 33.0 Å². The highest BCUT2D eigenvalue weighted by Gasteiger charge is 2.01. The van der Waals surface area contributed by atoms with E-state index in [1.807, 2.05) is 6.92 Å². The predicted octanol–water partition coefficient (Wildman–Crippen LogP) is 0.0295. The fraction of sp³-hybridized carbons (Fsp3) is 0.867. The van der Waals surface area contributed by atoms with E-state index in [-0.39, 0.29) is 38.8 Å². The van der Waals surface area contributed by atoms with E-state index in [0.717, 1.165) is 13.1 Å². The van der Waals surface area contributed by atoms with Crippen LogP contribution in [0.5, 0.6) is 0 Å². The lowest BCUT2D eigenvalue weighted by molar-refractivity contribution is -0.125. The fourth-order valence-electron chi connectivity index (χ4n) is 1.37. The fourth-order valence-corrected chi connectivity index (χ4v) is 1.37. The summed E-state index contributed by atoms with van der Waals surface area (Å²) in [5.74, 6) is -0.0443. The van der Waals surface area contributed by atoms with Gasteiger partial charge in [0.2, 0.25) is 0 Å². The summed E-state index contributed by atoms with van der Waals surface area (Å²) in [4.78, 5) is 22.0. The number of ketones is 2. The molecule has 0 aromatic heterocycles. The van der Waals surface area contributed by atoms with Crippen LogP contribution in [0.15, 0.2) is 0 Å². The zero-order valence-electron chi connectivity index (χ0n) is 13.1. The van der Waals surface area contributed by atoms with Gasteiger partial charge in [0.05, 0.1) is 33.0 Å². The zero-order valence-corrected chi connectivity index (χ0v) is 13.1. The normalized spacial score (nSPS) is 10.3. The Morgan fingerprint density at radius 3 is 2.05 bits per heavy atom. The minimum absolute atomic E-state index is 0. The third kappa shape index (κ3) is 19.1. The maximum absolute atomic E-state index is 11.4. The van der Waals surface area contributed by atoms with Crippen LogP contribution in [0.2, 0.25) is 0 Å². The molecule has 0 unspecified atom stereocenters. The minimum atomic E-state index is -0.0250. The van der Waals surface area contributed by atoms with Crippen molar-refractivity contribution in [2.24, 2.45) is 0 Å². The highest BCUT2D eigenvalue weighted by atomic mass is 16.5. The SMILES string of the molecule is C.CCNCCOCCNCC(=O)COCCOCC(C)=O. The van der Waals surface area contributed by atoms with Crippen LogP contribution in [-0.2, 0) is 23.8 Å². The van der Waals surface area contributed by atoms with Gasteiger partial charge >= 0.3 is 0 Å². The number of nitrogens with one attached hydrogen (secondary N) is 2. The van der Waals surface area contributed by atoms with E-state index in [2.05, 4.69) is 10.6 Å². The molecule has 7 nitrogen and oxygen atoms in total. The Balaban J connectivity index is 0. The summed E-state index contributed by atoms with van der Waals surface area (Å²) < 4.78 is 15.5. The number of carbonyl (C=O) groups excluding carboxylic acids is 2. The summed E-state index contributed by atoms with van der Waals surface area (Å²) in [7, 11) is 0. The third-order valence-electron chi connectivity index (χ3n) is 2.36. The van der Waals surface area contributed by atoms with Gasteiger partial charge in [0.25, 0.3) is 0 Å². The van der Waals surface area contributed by atoms with Gasteiger partial charge in [-0.15, -0.1) is 0 Å². The number of hydrogen-bond acceptors (Lipinski definition) is 7. The molecular weight excluding hydrogens is 288 g/mol. The van der Waals surface area contributed by atoms with Crippen molar-refractivity contribution >= 4 is 11.6 Å². The molecule has 22 heavy (non-hydrogen) atoms. The number of hydrogen-bond donors (Lipinski definition) is 2. The first-order valence-electron chi connectivity index (χ1n) is 7.32. The van der Waals surface area contributed by atoms with Crippen molar-refractivity contribution in [3.05, 3.63) is 0 Å². The van der Waals surface area contributed by atoms with E-state index < -0.39 is 0 Å². The van der Waals surface area contributed by atoms with Crippen molar-refractivity contribution < 1.29 is 23.8 Å². The van der Waals surface area contributed by atoms with E-state index in [1.54, 1.807) is 0 Å². The van der Waals surface area contributed by atoms with Gasteiger partial charge in [0.15, 0.2) is 11.6 Å². The summed E-state index contributed by atoms with van der Waals surface area (Å²) in [6, 6.07) is 0. The van der Waals surface area contributed by atoms with Gasteiger partial charge in [-0.25, -0.2) is 0 Å². The average Bonchev–Trinajstić information content (AvgIpc) is 2.45. The second-order valence-electron chi connectivity index (χ2n) is 4.49. The Morgan fingerprint density at radius 2 is 1.45 bits per heavy atom. The topological polar surface area (TPSA) is 85.9 Å². The molecule has 0 atom stereocenters. The molecule has 0 bridgehead atoms. The van der Waals surface area contributed by atoms with Crippen molar-refractivity contribution in [3.8, 4) is 0 Å². The molecular formula is C15H32N2O5. The molecule has 0 fully saturated rings. The monoisotopic (exact) mass is 320 g/mol. The number of carbonyl (C=O) groups is 2. The molecule has 0 rings (SSSR count). The number of likely N-dealkylation sites (N-methyl/N-ethyl adjacent to an activating group) is 1. The third-order valence-corrected chi connectivity index (χ3v) is 2.36. The summed E-state index contributed by atoms with van der Waals surface area (Å²) >= 11 is 0. The summed E-state index contributed by atoms with van der Waals surface area (Å²) in [5, 5.41) is 6.15. The lowest BCUT2D eigenvalue weighted by Gasteiger charge is -2.07. The van der Waals surface area contributed by atoms with Gasteiger partial charge in [-0.1, -0.05) is 14.4 Å². The number of rotatable bonds is 16. The van der Waals surface area contributed by atoms with Gasteiger partial charge in [0.1, 0.15) is 13.2 Å². The van der Waals surface area contributed by atoms with Crippen LogP contribution >= 0.6 is 0 Å². The first-order valence-corrected chi connectivity index (χ1v) is 7.32. The van der Waals surface area contributed by atoms with Crippen LogP contribution < -0.4 is 10.6 Å². The maximum atomic E-state index is 11.4. The van der Waals surface area contributed by atoms with Gasteiger partial charge in [-0.3, -0.25) is 9.59 Å². The summed E-state index contributed by atoms with van der Waals surface area (Å²) in [6.45, 7) is 8.22. The van der Waals surface area contributed by atoms with E-state index in [9.17, 15) is 9.59 Å². The van der Waals surface area contributed by atoms with Crippen LogP contribution in [0, 0.1) is 0 Å². The van der Waals surface area contributed by atoms with Crippen LogP contribution in [0.3, 0.4) is 0 Å². The second kappa shape index (κ2) is 18.2. The van der Waals surface area contributed by atoms with E-state index in [1.165, 1.54) is 6.92 Å². The molecule has 7 heteroatoms.